The summed E-state index contributed by atoms with van der Waals surface area (Å²) in [6, 6.07) is 9.94. The van der Waals surface area contributed by atoms with Crippen LogP contribution < -0.4 is 10.1 Å². The van der Waals surface area contributed by atoms with Crippen molar-refractivity contribution in [2.75, 3.05) is 19.5 Å². The maximum Gasteiger partial charge on any atom is 0.292 e. The monoisotopic (exact) mass is 361 g/mol. The van der Waals surface area contributed by atoms with Gasteiger partial charge in [0.05, 0.1) is 18.1 Å². The number of methoxy groups -OCH3 is 1. The molecule has 2 rings (SSSR count). The quantitative estimate of drug-likeness (QED) is 0.605. The molecule has 1 atom stereocenters. The summed E-state index contributed by atoms with van der Waals surface area (Å²) in [5.41, 5.74) is 0.641. The molecule has 1 N–H and O–H groups in total. The number of nitro groups is 1. The molecule has 8 heteroatoms. The van der Waals surface area contributed by atoms with Crippen LogP contribution >= 0.6 is 0 Å². The lowest BCUT2D eigenvalue weighted by Crippen LogP contribution is -2.39. The minimum Gasteiger partial charge on any atom is -0.494 e. The van der Waals surface area contributed by atoms with E-state index in [0.717, 1.165) is 0 Å². The molecule has 0 aliphatic carbocycles. The molecule has 0 heterocycles. The van der Waals surface area contributed by atoms with E-state index in [0.29, 0.717) is 12.1 Å². The highest BCUT2D eigenvalue weighted by atomic mass is 19.1. The maximum absolute atomic E-state index is 13.8. The molecule has 1 amide bonds. The Morgan fingerprint density at radius 2 is 2.04 bits per heavy atom. The lowest BCUT2D eigenvalue weighted by molar-refractivity contribution is -0.383. The predicted octanol–water partition coefficient (Wildman–Crippen LogP) is 3.20. The summed E-state index contributed by atoms with van der Waals surface area (Å²) in [4.78, 5) is 24.6. The Morgan fingerprint density at radius 1 is 1.35 bits per heavy atom. The SMILES string of the molecule is COc1ccc(CN(C)[C@H](C)C(=O)Nc2ccccc2[N+](=O)[O-])cc1F. The molecule has 138 valence electrons. The lowest BCUT2D eigenvalue weighted by atomic mass is 10.1. The number of nitrogens with zero attached hydrogens (tertiary/aromatic N) is 2. The van der Waals surface area contributed by atoms with Gasteiger partial charge in [-0.25, -0.2) is 4.39 Å². The van der Waals surface area contributed by atoms with Gasteiger partial charge in [0.15, 0.2) is 11.6 Å². The highest BCUT2D eigenvalue weighted by Gasteiger charge is 2.22. The van der Waals surface area contributed by atoms with Gasteiger partial charge in [0.1, 0.15) is 5.69 Å². The topological polar surface area (TPSA) is 84.7 Å². The van der Waals surface area contributed by atoms with Crippen molar-refractivity contribution in [2.45, 2.75) is 19.5 Å². The van der Waals surface area contributed by atoms with Gasteiger partial charge < -0.3 is 10.1 Å². The van der Waals surface area contributed by atoms with E-state index in [-0.39, 0.29) is 17.1 Å². The van der Waals surface area contributed by atoms with Crippen molar-refractivity contribution < 1.29 is 18.8 Å². The molecule has 0 saturated heterocycles. The van der Waals surface area contributed by atoms with Crippen LogP contribution in [-0.2, 0) is 11.3 Å². The Labute approximate surface area is 150 Å². The first-order valence-corrected chi connectivity index (χ1v) is 7.90. The van der Waals surface area contributed by atoms with E-state index in [1.165, 1.54) is 37.4 Å². The zero-order valence-corrected chi connectivity index (χ0v) is 14.7. The molecule has 2 aromatic carbocycles. The number of nitro benzene ring substituents is 1. The van der Waals surface area contributed by atoms with Crippen molar-refractivity contribution in [2.24, 2.45) is 0 Å². The number of halogens is 1. The predicted molar refractivity (Wildman–Crippen MR) is 95.6 cm³/mol. The summed E-state index contributed by atoms with van der Waals surface area (Å²) in [5, 5.41) is 13.6. The maximum atomic E-state index is 13.8. The first-order chi connectivity index (χ1) is 12.3. The standard InChI is InChI=1S/C18H20FN3O4/c1-12(18(23)20-15-6-4-5-7-16(15)22(24)25)21(2)11-13-8-9-17(26-3)14(19)10-13/h4-10,12H,11H2,1-3H3,(H,20,23)/t12-/m1/s1. The Hall–Kier alpha value is -3.00. The van der Waals surface area contributed by atoms with Crippen LogP contribution in [0.4, 0.5) is 15.8 Å². The van der Waals surface area contributed by atoms with Crippen LogP contribution in [0.5, 0.6) is 5.75 Å². The normalized spacial score (nSPS) is 11.9. The largest absolute Gasteiger partial charge is 0.494 e. The molecule has 0 bridgehead atoms. The van der Waals surface area contributed by atoms with Crippen molar-refractivity contribution in [3.8, 4) is 5.75 Å². The Kier molecular flexibility index (Phi) is 6.24. The summed E-state index contributed by atoms with van der Waals surface area (Å²) in [7, 11) is 3.10. The molecular formula is C18H20FN3O4. The smallest absolute Gasteiger partial charge is 0.292 e. The van der Waals surface area contributed by atoms with Gasteiger partial charge in [-0.05, 0) is 37.7 Å². The first kappa shape index (κ1) is 19.3. The van der Waals surface area contributed by atoms with Crippen LogP contribution in [-0.4, -0.2) is 35.9 Å². The third kappa shape index (κ3) is 4.54. The van der Waals surface area contributed by atoms with Crippen molar-refractivity contribution in [1.82, 2.24) is 4.90 Å². The van der Waals surface area contributed by atoms with Crippen molar-refractivity contribution >= 4 is 17.3 Å². The number of para-hydroxylation sites is 2. The fraction of sp³-hybridized carbons (Fsp3) is 0.278. The van der Waals surface area contributed by atoms with E-state index in [2.05, 4.69) is 5.32 Å². The average molecular weight is 361 g/mol. The minimum absolute atomic E-state index is 0.137. The van der Waals surface area contributed by atoms with Gasteiger partial charge in [-0.1, -0.05) is 18.2 Å². The zero-order chi connectivity index (χ0) is 19.3. The molecule has 7 nitrogen and oxygen atoms in total. The molecule has 0 aromatic heterocycles. The van der Waals surface area contributed by atoms with Crippen molar-refractivity contribution in [3.63, 3.8) is 0 Å². The van der Waals surface area contributed by atoms with Crippen LogP contribution in [0.1, 0.15) is 12.5 Å². The van der Waals surface area contributed by atoms with Crippen LogP contribution in [0.3, 0.4) is 0 Å². The summed E-state index contributed by atoms with van der Waals surface area (Å²) in [5.74, 6) is -0.718. The van der Waals surface area contributed by atoms with E-state index >= 15 is 0 Å². The highest BCUT2D eigenvalue weighted by Crippen LogP contribution is 2.24. The number of nitrogens with one attached hydrogen (secondary N) is 1. The lowest BCUT2D eigenvalue weighted by Gasteiger charge is -2.24. The number of hydrogen-bond acceptors (Lipinski definition) is 5. The number of benzene rings is 2. The number of rotatable bonds is 7. The third-order valence-electron chi connectivity index (χ3n) is 4.05. The van der Waals surface area contributed by atoms with Crippen LogP contribution in [0.2, 0.25) is 0 Å². The van der Waals surface area contributed by atoms with Crippen LogP contribution in [0.25, 0.3) is 0 Å². The summed E-state index contributed by atoms with van der Waals surface area (Å²) >= 11 is 0. The van der Waals surface area contributed by atoms with E-state index in [1.54, 1.807) is 31.0 Å². The van der Waals surface area contributed by atoms with Gasteiger partial charge in [0.2, 0.25) is 5.91 Å². The van der Waals surface area contributed by atoms with Crippen LogP contribution in [0.15, 0.2) is 42.5 Å². The molecule has 0 spiro atoms. The Balaban J connectivity index is 2.06. The summed E-state index contributed by atoms with van der Waals surface area (Å²) < 4.78 is 18.7. The molecule has 0 aliphatic heterocycles. The molecule has 0 fully saturated rings. The van der Waals surface area contributed by atoms with Gasteiger partial charge in [-0.2, -0.15) is 0 Å². The fourth-order valence-electron chi connectivity index (χ4n) is 2.41. The zero-order valence-electron chi connectivity index (χ0n) is 14.7. The molecule has 2 aromatic rings. The number of likely N-dealkylation sites (N-methyl/N-ethyl adjacent to an activating group) is 1. The summed E-state index contributed by atoms with van der Waals surface area (Å²) in [6.07, 6.45) is 0. The van der Waals surface area contributed by atoms with Crippen LogP contribution in [0, 0.1) is 15.9 Å². The number of hydrogen-bond donors (Lipinski definition) is 1. The second kappa shape index (κ2) is 8.39. The third-order valence-corrected chi connectivity index (χ3v) is 4.05. The second-order valence-electron chi connectivity index (χ2n) is 5.82. The van der Waals surface area contributed by atoms with E-state index in [9.17, 15) is 19.3 Å². The Bertz CT molecular complexity index is 813. The molecule has 0 saturated carbocycles. The molecule has 0 radical (unpaired) electrons. The molecule has 0 aliphatic rings. The number of amides is 1. The number of anilines is 1. The number of carbonyl (C=O) groups is 1. The molecule has 0 unspecified atom stereocenters. The van der Waals surface area contributed by atoms with Crippen molar-refractivity contribution in [1.29, 1.82) is 0 Å². The van der Waals surface area contributed by atoms with Gasteiger partial charge in [0.25, 0.3) is 5.69 Å². The minimum atomic E-state index is -0.583. The van der Waals surface area contributed by atoms with Gasteiger partial charge in [-0.3, -0.25) is 19.8 Å². The van der Waals surface area contributed by atoms with E-state index in [1.807, 2.05) is 0 Å². The average Bonchev–Trinajstić information content (AvgIpc) is 2.61. The van der Waals surface area contributed by atoms with E-state index < -0.39 is 22.7 Å². The fourth-order valence-corrected chi connectivity index (χ4v) is 2.41. The van der Waals surface area contributed by atoms with E-state index in [4.69, 9.17) is 4.74 Å². The van der Waals surface area contributed by atoms with Crippen molar-refractivity contribution in [3.05, 3.63) is 64.0 Å². The summed E-state index contributed by atoms with van der Waals surface area (Å²) in [6.45, 7) is 2.00. The van der Waals surface area contributed by atoms with Gasteiger partial charge >= 0.3 is 0 Å². The molecule has 26 heavy (non-hydrogen) atoms. The molecular weight excluding hydrogens is 341 g/mol. The second-order valence-corrected chi connectivity index (χ2v) is 5.82. The number of carbonyl (C=O) groups excluding carboxylic acids is 1. The van der Waals surface area contributed by atoms with Gasteiger partial charge in [0, 0.05) is 12.6 Å². The Morgan fingerprint density at radius 3 is 2.65 bits per heavy atom. The highest BCUT2D eigenvalue weighted by molar-refractivity contribution is 5.96. The first-order valence-electron chi connectivity index (χ1n) is 7.90. The number of ether oxygens (including phenoxy) is 1. The van der Waals surface area contributed by atoms with Gasteiger partial charge in [-0.15, -0.1) is 0 Å².